The lowest BCUT2D eigenvalue weighted by molar-refractivity contribution is -0.155. The van der Waals surface area contributed by atoms with E-state index in [1.807, 2.05) is 20.8 Å². The summed E-state index contributed by atoms with van der Waals surface area (Å²) in [7, 11) is 0. The predicted octanol–water partition coefficient (Wildman–Crippen LogP) is 3.41. The van der Waals surface area contributed by atoms with Gasteiger partial charge in [-0.25, -0.2) is 0 Å². The van der Waals surface area contributed by atoms with E-state index in [4.69, 9.17) is 16.3 Å². The first kappa shape index (κ1) is 21.2. The van der Waals surface area contributed by atoms with Gasteiger partial charge in [0.15, 0.2) is 6.61 Å². The summed E-state index contributed by atoms with van der Waals surface area (Å²) in [6.07, 6.45) is 1.10. The van der Waals surface area contributed by atoms with Crippen LogP contribution >= 0.6 is 11.6 Å². The number of likely N-dealkylation sites (tertiary alicyclic amines) is 1. The minimum Gasteiger partial charge on any atom is -0.455 e. The van der Waals surface area contributed by atoms with Crippen molar-refractivity contribution in [3.8, 4) is 0 Å². The maximum Gasteiger partial charge on any atom is 0.309 e. The summed E-state index contributed by atoms with van der Waals surface area (Å²) >= 11 is 6.02. The summed E-state index contributed by atoms with van der Waals surface area (Å²) in [6.45, 7) is 8.18. The molecule has 7 heteroatoms. The molecule has 1 aromatic carbocycles. The van der Waals surface area contributed by atoms with E-state index < -0.39 is 17.3 Å². The third-order valence-electron chi connectivity index (χ3n) is 4.64. The quantitative estimate of drug-likeness (QED) is 0.794. The largest absolute Gasteiger partial charge is 0.455 e. The third kappa shape index (κ3) is 5.70. The van der Waals surface area contributed by atoms with Crippen molar-refractivity contribution in [3.05, 3.63) is 28.8 Å². The van der Waals surface area contributed by atoms with E-state index >= 15 is 0 Å². The molecule has 1 aliphatic rings. The summed E-state index contributed by atoms with van der Waals surface area (Å²) < 4.78 is 5.16. The fraction of sp³-hybridized carbons (Fsp3) is 0.550. The number of rotatable bonds is 4. The summed E-state index contributed by atoms with van der Waals surface area (Å²) in [5.41, 5.74) is 0.927. The van der Waals surface area contributed by atoms with Gasteiger partial charge in [-0.2, -0.15) is 0 Å². The van der Waals surface area contributed by atoms with Gasteiger partial charge in [0.25, 0.3) is 5.91 Å². The van der Waals surface area contributed by atoms with Crippen LogP contribution in [0.5, 0.6) is 0 Å². The smallest absolute Gasteiger partial charge is 0.309 e. The van der Waals surface area contributed by atoms with E-state index in [0.717, 1.165) is 5.56 Å². The van der Waals surface area contributed by atoms with Crippen LogP contribution in [-0.2, 0) is 19.1 Å². The van der Waals surface area contributed by atoms with Crippen LogP contribution in [0.1, 0.15) is 39.2 Å². The standard InChI is InChI=1S/C20H27ClN2O4/c1-13-15(21)6-5-7-16(13)22-17(24)12-27-18(25)14-8-10-23(11-9-14)19(26)20(2,3)4/h5-7,14H,8-12H2,1-4H3,(H,22,24). The highest BCUT2D eigenvalue weighted by Crippen LogP contribution is 2.25. The predicted molar refractivity (Wildman–Crippen MR) is 105 cm³/mol. The minimum atomic E-state index is -0.427. The first-order valence-corrected chi connectivity index (χ1v) is 9.48. The number of carbonyl (C=O) groups is 3. The topological polar surface area (TPSA) is 75.7 Å². The Morgan fingerprint density at radius 2 is 1.85 bits per heavy atom. The molecule has 0 unspecified atom stereocenters. The van der Waals surface area contributed by atoms with E-state index in [1.54, 1.807) is 30.0 Å². The van der Waals surface area contributed by atoms with Gasteiger partial charge < -0.3 is 15.0 Å². The Hall–Kier alpha value is -2.08. The molecule has 1 saturated heterocycles. The van der Waals surface area contributed by atoms with E-state index in [1.165, 1.54) is 0 Å². The molecule has 1 aliphatic heterocycles. The first-order chi connectivity index (χ1) is 12.6. The SMILES string of the molecule is Cc1c(Cl)cccc1NC(=O)COC(=O)C1CCN(C(=O)C(C)(C)C)CC1. The molecular weight excluding hydrogens is 368 g/mol. The van der Waals surface area contributed by atoms with E-state index in [0.29, 0.717) is 36.6 Å². The number of nitrogens with zero attached hydrogens (tertiary/aromatic N) is 1. The number of piperidine rings is 1. The van der Waals surface area contributed by atoms with Crippen LogP contribution in [0.3, 0.4) is 0 Å². The van der Waals surface area contributed by atoms with Crippen molar-refractivity contribution in [2.75, 3.05) is 25.0 Å². The molecule has 2 rings (SSSR count). The number of anilines is 1. The number of hydrogen-bond donors (Lipinski definition) is 1. The highest BCUT2D eigenvalue weighted by molar-refractivity contribution is 6.31. The van der Waals surface area contributed by atoms with Crippen molar-refractivity contribution < 1.29 is 19.1 Å². The molecule has 6 nitrogen and oxygen atoms in total. The minimum absolute atomic E-state index is 0.0885. The molecule has 2 amide bonds. The maximum absolute atomic E-state index is 12.3. The van der Waals surface area contributed by atoms with Gasteiger partial charge in [0.1, 0.15) is 0 Å². The molecule has 0 saturated carbocycles. The van der Waals surface area contributed by atoms with Gasteiger partial charge in [-0.15, -0.1) is 0 Å². The van der Waals surface area contributed by atoms with Crippen LogP contribution in [0.2, 0.25) is 5.02 Å². The molecule has 0 bridgehead atoms. The van der Waals surface area contributed by atoms with Crippen molar-refractivity contribution in [3.63, 3.8) is 0 Å². The van der Waals surface area contributed by atoms with Crippen molar-refractivity contribution in [1.29, 1.82) is 0 Å². The van der Waals surface area contributed by atoms with Gasteiger partial charge in [-0.3, -0.25) is 14.4 Å². The van der Waals surface area contributed by atoms with Gasteiger partial charge in [0.05, 0.1) is 5.92 Å². The lowest BCUT2D eigenvalue weighted by Crippen LogP contribution is -2.45. The van der Waals surface area contributed by atoms with E-state index in [9.17, 15) is 14.4 Å². The number of benzene rings is 1. The maximum atomic E-state index is 12.3. The average molecular weight is 395 g/mol. The molecule has 1 heterocycles. The van der Waals surface area contributed by atoms with Gasteiger partial charge >= 0.3 is 5.97 Å². The lowest BCUT2D eigenvalue weighted by atomic mass is 9.91. The molecule has 1 aromatic rings. The second kappa shape index (κ2) is 8.74. The van der Waals surface area contributed by atoms with Gasteiger partial charge in [-0.1, -0.05) is 38.4 Å². The second-order valence-corrected chi connectivity index (χ2v) is 8.29. The van der Waals surface area contributed by atoms with Gasteiger partial charge in [0.2, 0.25) is 5.91 Å². The molecule has 1 fully saturated rings. The fourth-order valence-electron chi connectivity index (χ4n) is 2.98. The Kier molecular flexibility index (Phi) is 6.87. The number of ether oxygens (including phenoxy) is 1. The zero-order chi connectivity index (χ0) is 20.2. The van der Waals surface area contributed by atoms with Crippen molar-refractivity contribution in [2.24, 2.45) is 11.3 Å². The number of halogens is 1. The number of hydrogen-bond acceptors (Lipinski definition) is 4. The third-order valence-corrected chi connectivity index (χ3v) is 5.05. The van der Waals surface area contributed by atoms with Gasteiger partial charge in [-0.05, 0) is 37.5 Å². The summed E-state index contributed by atoms with van der Waals surface area (Å²) in [6, 6.07) is 5.22. The lowest BCUT2D eigenvalue weighted by Gasteiger charge is -2.34. The molecule has 0 spiro atoms. The fourth-order valence-corrected chi connectivity index (χ4v) is 3.15. The Bertz CT molecular complexity index is 719. The number of carbonyl (C=O) groups excluding carboxylic acids is 3. The molecule has 0 aromatic heterocycles. The van der Waals surface area contributed by atoms with Crippen LogP contribution in [0.25, 0.3) is 0 Å². The van der Waals surface area contributed by atoms with Crippen LogP contribution in [0.4, 0.5) is 5.69 Å². The van der Waals surface area contributed by atoms with Crippen LogP contribution in [0, 0.1) is 18.3 Å². The number of amides is 2. The first-order valence-electron chi connectivity index (χ1n) is 9.10. The average Bonchev–Trinajstić information content (AvgIpc) is 2.62. The Labute approximate surface area is 165 Å². The zero-order valence-corrected chi connectivity index (χ0v) is 17.1. The normalized spacial score (nSPS) is 15.4. The Balaban J connectivity index is 1.79. The molecule has 0 radical (unpaired) electrons. The second-order valence-electron chi connectivity index (χ2n) is 7.88. The summed E-state index contributed by atoms with van der Waals surface area (Å²) in [5.74, 6) is -0.995. The van der Waals surface area contributed by atoms with Crippen molar-refractivity contribution in [1.82, 2.24) is 4.90 Å². The van der Waals surface area contributed by atoms with E-state index in [-0.39, 0.29) is 18.4 Å². The van der Waals surface area contributed by atoms with Gasteiger partial charge in [0, 0.05) is 29.2 Å². The molecule has 1 N–H and O–H groups in total. The Morgan fingerprint density at radius 3 is 2.44 bits per heavy atom. The number of esters is 1. The summed E-state index contributed by atoms with van der Waals surface area (Å²) in [4.78, 5) is 38.3. The monoisotopic (exact) mass is 394 g/mol. The van der Waals surface area contributed by atoms with Crippen molar-refractivity contribution in [2.45, 2.75) is 40.5 Å². The highest BCUT2D eigenvalue weighted by Gasteiger charge is 2.33. The Morgan fingerprint density at radius 1 is 1.22 bits per heavy atom. The molecule has 27 heavy (non-hydrogen) atoms. The van der Waals surface area contributed by atoms with Crippen molar-refractivity contribution >= 4 is 35.1 Å². The number of nitrogens with one attached hydrogen (secondary N) is 1. The highest BCUT2D eigenvalue weighted by atomic mass is 35.5. The molecule has 0 atom stereocenters. The molecular formula is C20H27ClN2O4. The van der Waals surface area contributed by atoms with Crippen LogP contribution in [0.15, 0.2) is 18.2 Å². The summed E-state index contributed by atoms with van der Waals surface area (Å²) in [5, 5.41) is 3.25. The molecule has 148 valence electrons. The zero-order valence-electron chi connectivity index (χ0n) is 16.3. The molecule has 0 aliphatic carbocycles. The van der Waals surface area contributed by atoms with Crippen LogP contribution in [-0.4, -0.2) is 42.4 Å². The van der Waals surface area contributed by atoms with E-state index in [2.05, 4.69) is 5.32 Å². The van der Waals surface area contributed by atoms with Crippen LogP contribution < -0.4 is 5.32 Å².